The number of hydrogen-bond donors (Lipinski definition) is 0. The molecule has 14 heteroatoms. The van der Waals surface area contributed by atoms with Gasteiger partial charge in [0.05, 0.1) is 22.1 Å². The third-order valence-corrected chi connectivity index (χ3v) is 16.0. The zero-order valence-corrected chi connectivity index (χ0v) is 65.4. The van der Waals surface area contributed by atoms with Crippen LogP contribution in [0.15, 0.2) is 188 Å². The van der Waals surface area contributed by atoms with E-state index in [9.17, 15) is 4.39 Å². The number of thiazole rings is 1. The first-order valence-electron chi connectivity index (χ1n) is 32.3. The molecule has 0 amide bonds. The van der Waals surface area contributed by atoms with E-state index in [0.717, 1.165) is 61.9 Å². The summed E-state index contributed by atoms with van der Waals surface area (Å²) in [6.07, 6.45) is 12.4. The molecule has 3 aromatic carbocycles. The van der Waals surface area contributed by atoms with Crippen LogP contribution >= 0.6 is 34.0 Å². The summed E-state index contributed by atoms with van der Waals surface area (Å²) < 4.78 is 13.2. The van der Waals surface area contributed by atoms with Crippen molar-refractivity contribution in [2.75, 3.05) is 0 Å². The van der Waals surface area contributed by atoms with E-state index in [1.165, 1.54) is 70.1 Å². The molecule has 12 aromatic rings. The molecule has 0 aliphatic rings. The molecule has 0 atom stereocenters. The first kappa shape index (κ1) is 86.3. The number of benzene rings is 3. The quantitative estimate of drug-likeness (QED) is 0.145. The Kier molecular flexibility index (Phi) is 42.8. The van der Waals surface area contributed by atoms with E-state index in [-0.39, 0.29) is 11.2 Å². The van der Waals surface area contributed by atoms with Crippen LogP contribution in [0.5, 0.6) is 0 Å². The Morgan fingerprint density at radius 3 is 1.12 bits per heavy atom. The average molecular weight is 1360 g/mol. The molecule has 0 radical (unpaired) electrons. The fraction of sp³-hybridized carbons (Fsp3) is 0.325. The lowest BCUT2D eigenvalue weighted by Gasteiger charge is -2.18. The van der Waals surface area contributed by atoms with Crippen molar-refractivity contribution >= 4 is 34.0 Å². The molecule has 516 valence electrons. The van der Waals surface area contributed by atoms with Crippen LogP contribution in [0.1, 0.15) is 152 Å². The maximum absolute atomic E-state index is 13.2. The molecule has 0 unspecified atom stereocenters. The van der Waals surface area contributed by atoms with E-state index in [1.54, 1.807) is 53.7 Å². The molecule has 97 heavy (non-hydrogen) atoms. The summed E-state index contributed by atoms with van der Waals surface area (Å²) in [6, 6.07) is 46.8. The molecule has 0 fully saturated rings. The second-order valence-corrected chi connectivity index (χ2v) is 28.5. The lowest BCUT2D eigenvalue weighted by atomic mass is 9.91. The van der Waals surface area contributed by atoms with E-state index in [0.29, 0.717) is 5.69 Å². The molecule has 0 saturated carbocycles. The highest BCUT2D eigenvalue weighted by Crippen LogP contribution is 2.23. The summed E-state index contributed by atoms with van der Waals surface area (Å²) in [5.41, 5.74) is 20.3. The summed E-state index contributed by atoms with van der Waals surface area (Å²) in [4.78, 5) is 45.8. The monoisotopic (exact) mass is 1360 g/mol. The number of rotatable bonds is 0. The Bertz CT molecular complexity index is 3550. The fourth-order valence-corrected chi connectivity index (χ4v) is 9.68. The Hall–Kier alpha value is -8.69. The molecule has 9 aromatic heterocycles. The summed E-state index contributed by atoms with van der Waals surface area (Å²) >= 11 is 5.38. The highest BCUT2D eigenvalue weighted by molar-refractivity contribution is 7.12. The Balaban J connectivity index is 0.000000530. The molecular weight excluding hydrogens is 1250 g/mol. The van der Waals surface area contributed by atoms with Crippen LogP contribution in [-0.2, 0) is 5.41 Å². The molecular formula is C83H109FN10S3. The van der Waals surface area contributed by atoms with Gasteiger partial charge in [-0.3, -0.25) is 24.9 Å². The summed E-state index contributed by atoms with van der Waals surface area (Å²) in [5, 5.41) is 3.27. The van der Waals surface area contributed by atoms with E-state index < -0.39 is 0 Å². The summed E-state index contributed by atoms with van der Waals surface area (Å²) in [5.74, 6) is 0.623. The van der Waals surface area contributed by atoms with Crippen LogP contribution in [0, 0.1) is 165 Å². The first-order valence-corrected chi connectivity index (χ1v) is 34.8. The van der Waals surface area contributed by atoms with Gasteiger partial charge in [-0.05, 0) is 247 Å². The third kappa shape index (κ3) is 43.9. The smallest absolute Gasteiger partial charge is 0.145 e. The van der Waals surface area contributed by atoms with Crippen molar-refractivity contribution in [2.45, 2.75) is 185 Å². The van der Waals surface area contributed by atoms with Crippen molar-refractivity contribution in [3.05, 3.63) is 326 Å². The number of nitrogens with zero attached hydrogens (tertiary/aromatic N) is 10. The SMILES string of the molecule is Cc1ccc(C)cc1.Cc1ccc(C)nc1.Cc1ccc(C)s1.Cc1ccc(F)c(C(C)(C)C)n1.Cc1cccc(C)c1.Cc1cccc(C)n1.Cc1ccccc1C.Cc1ccnc(C)n1.Cc1ccsc1C.Cc1cnc(C)s1.Cc1cncc(C)n1.Cc1cncnc1C. The fourth-order valence-electron chi connectivity index (χ4n) is 7.49. The van der Waals surface area contributed by atoms with E-state index in [2.05, 4.69) is 228 Å². The van der Waals surface area contributed by atoms with Gasteiger partial charge in [0.2, 0.25) is 0 Å². The van der Waals surface area contributed by atoms with Crippen molar-refractivity contribution in [3.8, 4) is 0 Å². The number of pyridine rings is 3. The zero-order chi connectivity index (χ0) is 73.0. The minimum Gasteiger partial charge on any atom is -0.261 e. The molecule has 0 N–H and O–H groups in total. The van der Waals surface area contributed by atoms with Gasteiger partial charge in [-0.2, -0.15) is 0 Å². The Morgan fingerprint density at radius 2 is 0.845 bits per heavy atom. The number of aryl methyl sites for hydroxylation is 23. The van der Waals surface area contributed by atoms with Crippen molar-refractivity contribution in [1.29, 1.82) is 0 Å². The topological polar surface area (TPSA) is 129 Å². The Labute approximate surface area is 595 Å². The van der Waals surface area contributed by atoms with Crippen molar-refractivity contribution in [2.24, 2.45) is 0 Å². The van der Waals surface area contributed by atoms with Crippen molar-refractivity contribution in [3.63, 3.8) is 0 Å². The van der Waals surface area contributed by atoms with Gasteiger partial charge in [0.1, 0.15) is 18.0 Å². The van der Waals surface area contributed by atoms with Crippen LogP contribution in [0.2, 0.25) is 0 Å². The second kappa shape index (κ2) is 48.1. The lowest BCUT2D eigenvalue weighted by Crippen LogP contribution is -2.16. The van der Waals surface area contributed by atoms with Crippen molar-refractivity contribution < 1.29 is 4.39 Å². The van der Waals surface area contributed by atoms with Crippen molar-refractivity contribution in [1.82, 2.24) is 49.8 Å². The normalized spacial score (nSPS) is 9.60. The third-order valence-electron chi connectivity index (χ3n) is 13.3. The minimum atomic E-state index is -0.215. The maximum atomic E-state index is 13.2. The van der Waals surface area contributed by atoms with Gasteiger partial charge in [-0.25, -0.2) is 29.3 Å². The molecule has 0 spiro atoms. The predicted molar refractivity (Wildman–Crippen MR) is 416 cm³/mol. The van der Waals surface area contributed by atoms with E-state index in [4.69, 9.17) is 0 Å². The average Bonchev–Trinajstić information content (AvgIpc) is 1.45. The molecule has 9 heterocycles. The van der Waals surface area contributed by atoms with Crippen LogP contribution in [0.3, 0.4) is 0 Å². The Morgan fingerprint density at radius 1 is 0.340 bits per heavy atom. The minimum absolute atomic E-state index is 0.212. The van der Waals surface area contributed by atoms with Gasteiger partial charge < -0.3 is 0 Å². The molecule has 12 rings (SSSR count). The largest absolute Gasteiger partial charge is 0.261 e. The summed E-state index contributed by atoms with van der Waals surface area (Å²) in [6.45, 7) is 52.6. The van der Waals surface area contributed by atoms with Gasteiger partial charge in [-0.1, -0.05) is 128 Å². The van der Waals surface area contributed by atoms with Gasteiger partial charge in [-0.15, -0.1) is 34.0 Å². The van der Waals surface area contributed by atoms with E-state index in [1.807, 2.05) is 164 Å². The van der Waals surface area contributed by atoms with Gasteiger partial charge in [0.15, 0.2) is 0 Å². The molecule has 0 bridgehead atoms. The molecule has 0 aliphatic carbocycles. The lowest BCUT2D eigenvalue weighted by molar-refractivity contribution is 0.501. The van der Waals surface area contributed by atoms with Crippen LogP contribution in [0.25, 0.3) is 0 Å². The molecule has 0 aliphatic heterocycles. The van der Waals surface area contributed by atoms with E-state index >= 15 is 0 Å². The number of thiophene rings is 2. The standard InChI is InChI=1S/C10H14FN.3C8H10.2C7H9N.3C6H8N2.2C6H8S.C5H7NS/c1-7-5-6-8(11)9(12-7)10(2,3)4;1-7-3-5-8(2)6-4-7;1-7-4-3-5-8(2)6-7;1-7-5-3-4-6-8(7)2;1-6-3-4-7(2)8-5-6;1-6-4-3-5-7(2)8-6;1-5-3-7-4-8-6(5)2;1-5-3-7-4-6(2)8-5;1-5-3-4-7-6(2)8-5;1-5-3-4-7-6(5)2;1-5-3-4-6(2)7-5;1-4-3-6-5(2)7-4/h5-6H,1-4H3;3*3-6H,1-2H3;2*3-5H,1-2H3;3*3-4H,1-2H3;2*3-4H,1-2H3;3H,1-2H3. The van der Waals surface area contributed by atoms with Crippen LogP contribution in [-0.4, -0.2) is 49.8 Å². The highest BCUT2D eigenvalue weighted by atomic mass is 32.1. The summed E-state index contributed by atoms with van der Waals surface area (Å²) in [7, 11) is 0. The van der Waals surface area contributed by atoms with Crippen LogP contribution < -0.4 is 0 Å². The van der Waals surface area contributed by atoms with Gasteiger partial charge in [0, 0.05) is 96.3 Å². The van der Waals surface area contributed by atoms with Crippen LogP contribution in [0.4, 0.5) is 4.39 Å². The predicted octanol–water partition coefficient (Wildman–Crippen LogP) is 22.9. The van der Waals surface area contributed by atoms with Gasteiger partial charge in [0.25, 0.3) is 0 Å². The van der Waals surface area contributed by atoms with Gasteiger partial charge >= 0.3 is 0 Å². The first-order chi connectivity index (χ1) is 45.6. The zero-order valence-electron chi connectivity index (χ0n) is 63.0. The molecule has 10 nitrogen and oxygen atoms in total. The number of hydrogen-bond acceptors (Lipinski definition) is 13. The molecule has 0 saturated heterocycles. The maximum Gasteiger partial charge on any atom is 0.145 e. The second-order valence-electron chi connectivity index (χ2n) is 24.5. The number of aromatic nitrogens is 10. The number of halogens is 1. The highest BCUT2D eigenvalue weighted by Gasteiger charge is 2.19.